The topological polar surface area (TPSA) is 122 Å². The van der Waals surface area contributed by atoms with Crippen molar-refractivity contribution in [2.24, 2.45) is 7.05 Å². The van der Waals surface area contributed by atoms with E-state index < -0.39 is 11.2 Å². The van der Waals surface area contributed by atoms with Gasteiger partial charge in [-0.25, -0.2) is 9.78 Å². The van der Waals surface area contributed by atoms with Crippen molar-refractivity contribution >= 4 is 17.1 Å². The number of aromatic amines is 1. The Morgan fingerprint density at radius 2 is 2.26 bits per heavy atom. The van der Waals surface area contributed by atoms with Gasteiger partial charge in [0.15, 0.2) is 11.2 Å². The Bertz CT molecular complexity index is 726. The molecule has 1 amide bonds. The zero-order valence-electron chi connectivity index (χ0n) is 10.2. The fourth-order valence-electron chi connectivity index (χ4n) is 1.71. The number of aryl methyl sites for hydroxylation is 1. The second kappa shape index (κ2) is 5.06. The molecule has 2 aromatic heterocycles. The summed E-state index contributed by atoms with van der Waals surface area (Å²) in [6, 6.07) is 0. The van der Waals surface area contributed by atoms with E-state index in [-0.39, 0.29) is 36.8 Å². The Hall–Kier alpha value is -2.42. The third kappa shape index (κ3) is 2.40. The number of carbonyl (C=O) groups is 1. The minimum absolute atomic E-state index is 0.113. The average molecular weight is 267 g/mol. The molecule has 2 heterocycles. The number of hydrogen-bond donors (Lipinski definition) is 3. The maximum Gasteiger partial charge on any atom is 0.329 e. The zero-order valence-corrected chi connectivity index (χ0v) is 10.2. The number of fused-ring (bicyclic) bond motifs is 1. The Labute approximate surface area is 106 Å². The fraction of sp³-hybridized carbons (Fsp3) is 0.400. The smallest absolute Gasteiger partial charge is 0.329 e. The van der Waals surface area contributed by atoms with Crippen LogP contribution >= 0.6 is 0 Å². The molecule has 102 valence electrons. The van der Waals surface area contributed by atoms with E-state index in [4.69, 9.17) is 5.11 Å². The number of aromatic nitrogens is 4. The highest BCUT2D eigenvalue weighted by Gasteiger charge is 2.13. The van der Waals surface area contributed by atoms with Crippen molar-refractivity contribution < 1.29 is 9.90 Å². The summed E-state index contributed by atoms with van der Waals surface area (Å²) in [6.07, 6.45) is 1.32. The lowest BCUT2D eigenvalue weighted by molar-refractivity contribution is -0.121. The molecule has 0 saturated heterocycles. The highest BCUT2D eigenvalue weighted by Crippen LogP contribution is 2.04. The average Bonchev–Trinajstić information content (AvgIpc) is 2.78. The molecule has 0 aliphatic rings. The normalized spacial score (nSPS) is 10.8. The minimum Gasteiger partial charge on any atom is -0.395 e. The van der Waals surface area contributed by atoms with Gasteiger partial charge >= 0.3 is 5.69 Å². The number of aliphatic hydroxyl groups excluding tert-OH is 1. The van der Waals surface area contributed by atoms with Crippen molar-refractivity contribution in [3.63, 3.8) is 0 Å². The number of carbonyl (C=O) groups excluding carboxylic acids is 1. The van der Waals surface area contributed by atoms with E-state index in [2.05, 4.69) is 15.3 Å². The summed E-state index contributed by atoms with van der Waals surface area (Å²) in [7, 11) is 1.48. The predicted octanol–water partition coefficient (Wildman–Crippen LogP) is -2.47. The first kappa shape index (κ1) is 13.0. The van der Waals surface area contributed by atoms with E-state index in [1.165, 1.54) is 22.5 Å². The molecule has 3 N–H and O–H groups in total. The van der Waals surface area contributed by atoms with Gasteiger partial charge in [0.25, 0.3) is 5.56 Å². The van der Waals surface area contributed by atoms with E-state index in [0.717, 1.165) is 0 Å². The second-order valence-corrected chi connectivity index (χ2v) is 3.94. The van der Waals surface area contributed by atoms with Crippen LogP contribution in [-0.2, 0) is 18.4 Å². The largest absolute Gasteiger partial charge is 0.395 e. The van der Waals surface area contributed by atoms with Crippen molar-refractivity contribution in [2.45, 2.75) is 6.54 Å². The van der Waals surface area contributed by atoms with E-state index >= 15 is 0 Å². The van der Waals surface area contributed by atoms with Gasteiger partial charge in [0.1, 0.15) is 6.54 Å². The number of aliphatic hydroxyl groups is 1. The van der Waals surface area contributed by atoms with Crippen LogP contribution in [0.3, 0.4) is 0 Å². The number of hydrogen-bond acceptors (Lipinski definition) is 5. The van der Waals surface area contributed by atoms with Crippen molar-refractivity contribution in [2.75, 3.05) is 13.2 Å². The van der Waals surface area contributed by atoms with Gasteiger partial charge in [-0.05, 0) is 0 Å². The van der Waals surface area contributed by atoms with E-state index in [0.29, 0.717) is 0 Å². The van der Waals surface area contributed by atoms with Crippen LogP contribution < -0.4 is 16.6 Å². The Balaban J connectivity index is 2.41. The van der Waals surface area contributed by atoms with Crippen LogP contribution in [0.5, 0.6) is 0 Å². The first-order valence-electron chi connectivity index (χ1n) is 5.56. The minimum atomic E-state index is -0.592. The molecule has 0 atom stereocenters. The molecule has 0 radical (unpaired) electrons. The number of amides is 1. The van der Waals surface area contributed by atoms with Gasteiger partial charge in [-0.2, -0.15) is 0 Å². The van der Waals surface area contributed by atoms with Crippen molar-refractivity contribution in [1.82, 2.24) is 24.4 Å². The Morgan fingerprint density at radius 1 is 1.53 bits per heavy atom. The number of imidazole rings is 1. The highest BCUT2D eigenvalue weighted by molar-refractivity contribution is 5.78. The van der Waals surface area contributed by atoms with Crippen LogP contribution in [0.1, 0.15) is 0 Å². The third-order valence-corrected chi connectivity index (χ3v) is 2.62. The number of nitrogens with one attached hydrogen (secondary N) is 2. The van der Waals surface area contributed by atoms with Crippen LogP contribution in [0.15, 0.2) is 15.9 Å². The van der Waals surface area contributed by atoms with Crippen LogP contribution in [0.4, 0.5) is 0 Å². The van der Waals surface area contributed by atoms with Gasteiger partial charge in [-0.1, -0.05) is 0 Å². The highest BCUT2D eigenvalue weighted by atomic mass is 16.3. The van der Waals surface area contributed by atoms with Crippen molar-refractivity contribution in [3.05, 3.63) is 27.2 Å². The lowest BCUT2D eigenvalue weighted by atomic mass is 10.4. The molecule has 2 aromatic rings. The number of H-pyrrole nitrogens is 1. The summed E-state index contributed by atoms with van der Waals surface area (Å²) in [4.78, 5) is 40.7. The molecule has 19 heavy (non-hydrogen) atoms. The van der Waals surface area contributed by atoms with Crippen LogP contribution in [0, 0.1) is 0 Å². The van der Waals surface area contributed by atoms with Gasteiger partial charge in [0, 0.05) is 13.6 Å². The summed E-state index contributed by atoms with van der Waals surface area (Å²) in [5.41, 5.74) is -0.789. The molecule has 0 unspecified atom stereocenters. The molecule has 0 bridgehead atoms. The molecule has 0 spiro atoms. The van der Waals surface area contributed by atoms with Gasteiger partial charge in [-0.15, -0.1) is 0 Å². The second-order valence-electron chi connectivity index (χ2n) is 3.94. The molecule has 9 heteroatoms. The molecule has 0 fully saturated rings. The van der Waals surface area contributed by atoms with Crippen LogP contribution in [0.2, 0.25) is 0 Å². The summed E-state index contributed by atoms with van der Waals surface area (Å²) < 4.78 is 2.54. The molecule has 0 aliphatic carbocycles. The van der Waals surface area contributed by atoms with E-state index in [1.807, 2.05) is 0 Å². The van der Waals surface area contributed by atoms with Gasteiger partial charge in [0.2, 0.25) is 5.91 Å². The van der Waals surface area contributed by atoms with E-state index in [1.54, 1.807) is 0 Å². The van der Waals surface area contributed by atoms with Crippen LogP contribution in [-0.4, -0.2) is 43.3 Å². The SMILES string of the molecule is Cn1c(=O)[nH]c(=O)c2c1ncn2CC(=O)NCCO. The lowest BCUT2D eigenvalue weighted by Gasteiger charge is -2.05. The molecule has 0 aromatic carbocycles. The molecule has 0 saturated carbocycles. The molecular formula is C10H13N5O4. The summed E-state index contributed by atoms with van der Waals surface area (Å²) >= 11 is 0. The fourth-order valence-corrected chi connectivity index (χ4v) is 1.71. The number of rotatable bonds is 4. The quantitative estimate of drug-likeness (QED) is 0.566. The standard InChI is InChI=1S/C10H13N5O4/c1-14-8-7(9(18)13-10(14)19)15(5-12-8)4-6(17)11-2-3-16/h5,16H,2-4H2,1H3,(H,11,17)(H,13,18,19). The summed E-state index contributed by atoms with van der Waals surface area (Å²) in [6.45, 7) is -0.135. The maximum absolute atomic E-state index is 11.7. The molecular weight excluding hydrogens is 254 g/mol. The zero-order chi connectivity index (χ0) is 14.0. The van der Waals surface area contributed by atoms with Gasteiger partial charge in [-0.3, -0.25) is 19.1 Å². The third-order valence-electron chi connectivity index (χ3n) is 2.62. The maximum atomic E-state index is 11.7. The first-order chi connectivity index (χ1) is 9.04. The first-order valence-corrected chi connectivity index (χ1v) is 5.56. The molecule has 0 aliphatic heterocycles. The van der Waals surface area contributed by atoms with Crippen molar-refractivity contribution in [1.29, 1.82) is 0 Å². The Morgan fingerprint density at radius 3 is 2.95 bits per heavy atom. The summed E-state index contributed by atoms with van der Waals surface area (Å²) in [5.74, 6) is -0.360. The summed E-state index contributed by atoms with van der Waals surface area (Å²) in [5, 5.41) is 11.1. The Kier molecular flexibility index (Phi) is 3.47. The monoisotopic (exact) mass is 267 g/mol. The molecule has 9 nitrogen and oxygen atoms in total. The number of nitrogens with zero attached hydrogens (tertiary/aromatic N) is 3. The van der Waals surface area contributed by atoms with Gasteiger partial charge in [0.05, 0.1) is 12.9 Å². The van der Waals surface area contributed by atoms with Crippen molar-refractivity contribution in [3.8, 4) is 0 Å². The lowest BCUT2D eigenvalue weighted by Crippen LogP contribution is -2.32. The molecule has 2 rings (SSSR count). The van der Waals surface area contributed by atoms with Gasteiger partial charge < -0.3 is 15.0 Å². The predicted molar refractivity (Wildman–Crippen MR) is 65.7 cm³/mol. The van der Waals surface area contributed by atoms with E-state index in [9.17, 15) is 14.4 Å². The van der Waals surface area contributed by atoms with Crippen LogP contribution in [0.25, 0.3) is 11.2 Å².